The van der Waals surface area contributed by atoms with Crippen LogP contribution in [0.25, 0.3) is 11.0 Å². The minimum absolute atomic E-state index is 0.328. The maximum Gasteiger partial charge on any atom is 0.332 e. The molecule has 3 heterocycles. The number of nitrogens with one attached hydrogen (secondary N) is 1. The van der Waals surface area contributed by atoms with Crippen molar-refractivity contribution in [2.45, 2.75) is 6.92 Å². The Labute approximate surface area is 122 Å². The Morgan fingerprint density at radius 1 is 1.19 bits per heavy atom. The van der Waals surface area contributed by atoms with Gasteiger partial charge in [0.2, 0.25) is 5.13 Å². The second-order valence-corrected chi connectivity index (χ2v) is 5.70. The summed E-state index contributed by atoms with van der Waals surface area (Å²) < 4.78 is 2.40. The van der Waals surface area contributed by atoms with Gasteiger partial charge in [-0.3, -0.25) is 13.9 Å². The predicted octanol–water partition coefficient (Wildman–Crippen LogP) is 0.536. The number of rotatable bonds is 2. The van der Waals surface area contributed by atoms with E-state index in [2.05, 4.69) is 20.5 Å². The van der Waals surface area contributed by atoms with Crippen LogP contribution in [0.4, 0.5) is 10.8 Å². The van der Waals surface area contributed by atoms with Gasteiger partial charge in [0, 0.05) is 20.3 Å². The molecule has 0 bridgehead atoms. The van der Waals surface area contributed by atoms with Crippen LogP contribution in [0.1, 0.15) is 5.01 Å². The molecule has 9 heteroatoms. The van der Waals surface area contributed by atoms with E-state index in [4.69, 9.17) is 0 Å². The van der Waals surface area contributed by atoms with Crippen molar-refractivity contribution in [3.8, 4) is 0 Å². The standard InChI is InChI=1S/C12H12N6O2S/c1-6-15-16-11(21-6)14-7-4-5-13-9-8(7)10(19)18(3)12(20)17(9)2/h4-5H,1-3H3,(H,13,14,16). The zero-order valence-corrected chi connectivity index (χ0v) is 12.4. The van der Waals surface area contributed by atoms with E-state index in [1.165, 1.54) is 29.1 Å². The van der Waals surface area contributed by atoms with Gasteiger partial charge in [0.1, 0.15) is 10.4 Å². The van der Waals surface area contributed by atoms with Gasteiger partial charge in [0.05, 0.1) is 5.69 Å². The van der Waals surface area contributed by atoms with E-state index < -0.39 is 11.2 Å². The lowest BCUT2D eigenvalue weighted by atomic mass is 10.2. The predicted molar refractivity (Wildman–Crippen MR) is 80.2 cm³/mol. The molecule has 0 spiro atoms. The normalized spacial score (nSPS) is 11.0. The molecule has 0 atom stereocenters. The van der Waals surface area contributed by atoms with E-state index >= 15 is 0 Å². The average Bonchev–Trinajstić information content (AvgIpc) is 2.88. The van der Waals surface area contributed by atoms with Crippen molar-refractivity contribution in [1.29, 1.82) is 0 Å². The summed E-state index contributed by atoms with van der Waals surface area (Å²) in [6, 6.07) is 1.67. The van der Waals surface area contributed by atoms with Crippen molar-refractivity contribution < 1.29 is 0 Å². The molecule has 108 valence electrons. The van der Waals surface area contributed by atoms with Crippen LogP contribution in [0, 0.1) is 6.92 Å². The first-order chi connectivity index (χ1) is 9.99. The zero-order valence-electron chi connectivity index (χ0n) is 11.6. The Kier molecular flexibility index (Phi) is 3.05. The fourth-order valence-electron chi connectivity index (χ4n) is 2.05. The van der Waals surface area contributed by atoms with Gasteiger partial charge < -0.3 is 5.32 Å². The average molecular weight is 304 g/mol. The number of hydrogen-bond acceptors (Lipinski definition) is 7. The lowest BCUT2D eigenvalue weighted by molar-refractivity contribution is 0.708. The summed E-state index contributed by atoms with van der Waals surface area (Å²) in [6.45, 7) is 1.84. The maximum atomic E-state index is 12.4. The highest BCUT2D eigenvalue weighted by molar-refractivity contribution is 7.15. The number of hydrogen-bond donors (Lipinski definition) is 1. The number of aromatic nitrogens is 5. The molecule has 0 aliphatic heterocycles. The molecule has 0 aliphatic rings. The van der Waals surface area contributed by atoms with Crippen molar-refractivity contribution >= 4 is 33.2 Å². The molecule has 0 fully saturated rings. The Balaban J connectivity index is 2.29. The molecular weight excluding hydrogens is 292 g/mol. The summed E-state index contributed by atoms with van der Waals surface area (Å²) in [5.41, 5.74) is 0.0653. The molecule has 0 aromatic carbocycles. The van der Waals surface area contributed by atoms with Crippen LogP contribution in [0.5, 0.6) is 0 Å². The van der Waals surface area contributed by atoms with Gasteiger partial charge in [0.15, 0.2) is 5.65 Å². The zero-order chi connectivity index (χ0) is 15.1. The summed E-state index contributed by atoms with van der Waals surface area (Å²) in [4.78, 5) is 28.4. The molecule has 0 radical (unpaired) electrons. The van der Waals surface area contributed by atoms with E-state index in [9.17, 15) is 9.59 Å². The Bertz CT molecular complexity index is 955. The lowest BCUT2D eigenvalue weighted by Crippen LogP contribution is -2.37. The van der Waals surface area contributed by atoms with Crippen LogP contribution in [-0.4, -0.2) is 24.3 Å². The van der Waals surface area contributed by atoms with Gasteiger partial charge in [0.25, 0.3) is 5.56 Å². The molecule has 8 nitrogen and oxygen atoms in total. The summed E-state index contributed by atoms with van der Waals surface area (Å²) in [6.07, 6.45) is 1.54. The third-order valence-electron chi connectivity index (χ3n) is 3.11. The fraction of sp³-hybridized carbons (Fsp3) is 0.250. The molecule has 3 aromatic rings. The van der Waals surface area contributed by atoms with Gasteiger partial charge in [-0.2, -0.15) is 0 Å². The summed E-state index contributed by atoms with van der Waals surface area (Å²) in [5, 5.41) is 12.7. The summed E-state index contributed by atoms with van der Waals surface area (Å²) in [7, 11) is 3.02. The smallest absolute Gasteiger partial charge is 0.329 e. The molecule has 3 aromatic heterocycles. The molecule has 0 unspecified atom stereocenters. The van der Waals surface area contributed by atoms with Crippen molar-refractivity contribution in [3.63, 3.8) is 0 Å². The monoisotopic (exact) mass is 304 g/mol. The van der Waals surface area contributed by atoms with Gasteiger partial charge >= 0.3 is 5.69 Å². The van der Waals surface area contributed by atoms with Crippen molar-refractivity contribution in [2.24, 2.45) is 14.1 Å². The molecule has 1 N–H and O–H groups in total. The third-order valence-corrected chi connectivity index (χ3v) is 3.86. The van der Waals surface area contributed by atoms with Gasteiger partial charge in [-0.15, -0.1) is 10.2 Å². The molecular formula is C12H12N6O2S. The molecule has 0 saturated heterocycles. The molecule has 0 saturated carbocycles. The third kappa shape index (κ3) is 2.11. The summed E-state index contributed by atoms with van der Waals surface area (Å²) >= 11 is 1.38. The van der Waals surface area contributed by atoms with E-state index in [0.717, 1.165) is 9.57 Å². The molecule has 21 heavy (non-hydrogen) atoms. The first-order valence-electron chi connectivity index (χ1n) is 6.11. The van der Waals surface area contributed by atoms with Crippen LogP contribution >= 0.6 is 11.3 Å². The van der Waals surface area contributed by atoms with Gasteiger partial charge in [-0.1, -0.05) is 11.3 Å². The molecule has 0 amide bonds. The first-order valence-corrected chi connectivity index (χ1v) is 6.92. The SMILES string of the molecule is Cc1nnc(Nc2ccnc3c2c(=O)n(C)c(=O)n3C)s1. The quantitative estimate of drug-likeness (QED) is 0.742. The van der Waals surface area contributed by atoms with Crippen molar-refractivity contribution in [2.75, 3.05) is 5.32 Å². The number of pyridine rings is 1. The number of fused-ring (bicyclic) bond motifs is 1. The Hall–Kier alpha value is -2.55. The second-order valence-electron chi connectivity index (χ2n) is 4.51. The minimum Gasteiger partial charge on any atom is -0.329 e. The highest BCUT2D eigenvalue weighted by Crippen LogP contribution is 2.23. The highest BCUT2D eigenvalue weighted by Gasteiger charge is 2.14. The highest BCUT2D eigenvalue weighted by atomic mass is 32.1. The maximum absolute atomic E-state index is 12.4. The second kappa shape index (κ2) is 4.77. The number of anilines is 2. The Morgan fingerprint density at radius 2 is 1.95 bits per heavy atom. The number of aryl methyl sites for hydroxylation is 2. The van der Waals surface area contributed by atoms with Gasteiger partial charge in [-0.05, 0) is 13.0 Å². The molecule has 0 aliphatic carbocycles. The lowest BCUT2D eigenvalue weighted by Gasteiger charge is -2.10. The van der Waals surface area contributed by atoms with E-state index in [0.29, 0.717) is 21.9 Å². The summed E-state index contributed by atoms with van der Waals surface area (Å²) in [5.74, 6) is 0. The number of nitrogens with zero attached hydrogens (tertiary/aromatic N) is 5. The largest absolute Gasteiger partial charge is 0.332 e. The van der Waals surface area contributed by atoms with Crippen LogP contribution in [0.2, 0.25) is 0 Å². The van der Waals surface area contributed by atoms with Crippen LogP contribution in [-0.2, 0) is 14.1 Å². The fourth-order valence-corrected chi connectivity index (χ4v) is 2.66. The van der Waals surface area contributed by atoms with E-state index in [1.54, 1.807) is 13.1 Å². The van der Waals surface area contributed by atoms with Gasteiger partial charge in [-0.25, -0.2) is 9.78 Å². The van der Waals surface area contributed by atoms with Crippen molar-refractivity contribution in [1.82, 2.24) is 24.3 Å². The minimum atomic E-state index is -0.413. The first kappa shape index (κ1) is 13.4. The van der Waals surface area contributed by atoms with E-state index in [-0.39, 0.29) is 0 Å². The van der Waals surface area contributed by atoms with E-state index in [1.807, 2.05) is 6.92 Å². The van der Waals surface area contributed by atoms with Crippen LogP contribution in [0.15, 0.2) is 21.9 Å². The van der Waals surface area contributed by atoms with Crippen LogP contribution in [0.3, 0.4) is 0 Å². The van der Waals surface area contributed by atoms with Crippen LogP contribution < -0.4 is 16.6 Å². The Morgan fingerprint density at radius 3 is 2.62 bits per heavy atom. The topological polar surface area (TPSA) is 94.7 Å². The molecule has 3 rings (SSSR count). The van der Waals surface area contributed by atoms with Crippen molar-refractivity contribution in [3.05, 3.63) is 38.1 Å².